The molecule has 7 nitrogen and oxygen atoms in total. The fraction of sp³-hybridized carbons (Fsp3) is 0.300. The number of anilines is 1. The average Bonchev–Trinajstić information content (AvgIpc) is 3.62. The molecule has 196 valence electrons. The number of thiophene rings is 1. The quantitative estimate of drug-likeness (QED) is 0.288. The second-order valence-electron chi connectivity index (χ2n) is 9.94. The Morgan fingerprint density at radius 2 is 1.95 bits per heavy atom. The molecular weight excluding hydrogens is 494 g/mol. The Morgan fingerprint density at radius 3 is 2.66 bits per heavy atom. The molecule has 2 aromatic heterocycles. The van der Waals surface area contributed by atoms with Crippen LogP contribution in [-0.4, -0.2) is 34.2 Å². The minimum atomic E-state index is -0.234. The van der Waals surface area contributed by atoms with Gasteiger partial charge in [-0.05, 0) is 97.3 Å². The van der Waals surface area contributed by atoms with Crippen LogP contribution in [0.15, 0.2) is 66.3 Å². The lowest BCUT2D eigenvalue weighted by Crippen LogP contribution is -2.43. The maximum atomic E-state index is 13.4. The van der Waals surface area contributed by atoms with Crippen molar-refractivity contribution < 1.29 is 9.59 Å². The maximum Gasteiger partial charge on any atom is 0.252 e. The molecule has 1 aliphatic heterocycles. The summed E-state index contributed by atoms with van der Waals surface area (Å²) in [5, 5.41) is 15.8. The number of hydrogen-bond donors (Lipinski definition) is 3. The van der Waals surface area contributed by atoms with Crippen LogP contribution in [0.3, 0.4) is 0 Å². The van der Waals surface area contributed by atoms with Gasteiger partial charge in [-0.1, -0.05) is 18.6 Å². The first kappa shape index (κ1) is 25.9. The van der Waals surface area contributed by atoms with Crippen LogP contribution >= 0.6 is 11.3 Å². The van der Waals surface area contributed by atoms with Crippen LogP contribution in [0.25, 0.3) is 21.6 Å². The summed E-state index contributed by atoms with van der Waals surface area (Å²) in [6.07, 6.45) is 6.81. The van der Waals surface area contributed by atoms with E-state index in [1.165, 1.54) is 4.88 Å². The molecule has 0 bridgehead atoms. The van der Waals surface area contributed by atoms with Gasteiger partial charge in [0.2, 0.25) is 5.91 Å². The third-order valence-electron chi connectivity index (χ3n) is 7.02. The fourth-order valence-corrected chi connectivity index (χ4v) is 5.55. The van der Waals surface area contributed by atoms with E-state index in [9.17, 15) is 9.59 Å². The molecule has 4 aromatic rings. The van der Waals surface area contributed by atoms with Crippen molar-refractivity contribution in [2.24, 2.45) is 7.05 Å². The van der Waals surface area contributed by atoms with Crippen LogP contribution < -0.4 is 16.0 Å². The highest BCUT2D eigenvalue weighted by Crippen LogP contribution is 2.33. The Morgan fingerprint density at radius 1 is 1.11 bits per heavy atom. The molecule has 3 heterocycles. The standard InChI is InChI=1S/C30H33N5O2S/c1-19-9-10-25(34-30(37)27-7-4-5-11-31-27)16-26(19)29(36)33-20(2)21-13-22(24-17-32-35(3)18-24)15-23(14-21)28-8-6-12-38-28/h6,8-10,12-18,20,27,31H,4-5,7,11H2,1-3H3,(H,33,36)(H,34,37)/t20-,27-/m1/s1. The third kappa shape index (κ3) is 5.87. The fourth-order valence-electron chi connectivity index (χ4n) is 4.83. The van der Waals surface area contributed by atoms with Crippen molar-refractivity contribution >= 4 is 28.8 Å². The summed E-state index contributed by atoms with van der Waals surface area (Å²) in [6.45, 7) is 4.76. The van der Waals surface area contributed by atoms with Crippen LogP contribution in [0.4, 0.5) is 5.69 Å². The molecule has 2 aromatic carbocycles. The highest BCUT2D eigenvalue weighted by molar-refractivity contribution is 7.13. The van der Waals surface area contributed by atoms with Gasteiger partial charge in [0.05, 0.1) is 18.3 Å². The van der Waals surface area contributed by atoms with Gasteiger partial charge in [-0.15, -0.1) is 11.3 Å². The monoisotopic (exact) mass is 527 g/mol. The van der Waals surface area contributed by atoms with E-state index in [-0.39, 0.29) is 23.9 Å². The van der Waals surface area contributed by atoms with E-state index in [1.54, 1.807) is 22.1 Å². The Hall–Kier alpha value is -3.75. The van der Waals surface area contributed by atoms with Gasteiger partial charge < -0.3 is 16.0 Å². The Bertz CT molecular complexity index is 1440. The first-order chi connectivity index (χ1) is 18.4. The van der Waals surface area contributed by atoms with Crippen LogP contribution in [-0.2, 0) is 11.8 Å². The summed E-state index contributed by atoms with van der Waals surface area (Å²) in [5.74, 6) is -0.229. The average molecular weight is 528 g/mol. The summed E-state index contributed by atoms with van der Waals surface area (Å²) in [5.41, 5.74) is 6.22. The zero-order valence-corrected chi connectivity index (χ0v) is 22.8. The SMILES string of the molecule is Cc1ccc(NC(=O)[C@H]2CCCCN2)cc1C(=O)N[C@H](C)c1cc(-c2cnn(C)c2)cc(-c2cccs2)c1. The van der Waals surface area contributed by atoms with Crippen molar-refractivity contribution in [3.8, 4) is 21.6 Å². The van der Waals surface area contributed by atoms with E-state index in [1.807, 2.05) is 51.5 Å². The molecule has 0 unspecified atom stereocenters. The number of rotatable bonds is 7. The molecule has 1 aliphatic rings. The van der Waals surface area contributed by atoms with Crippen molar-refractivity contribution in [1.29, 1.82) is 0 Å². The molecule has 1 fully saturated rings. The second-order valence-corrected chi connectivity index (χ2v) is 10.9. The number of carbonyl (C=O) groups is 2. The Kier molecular flexibility index (Phi) is 7.72. The van der Waals surface area contributed by atoms with Crippen LogP contribution in [0.2, 0.25) is 0 Å². The van der Waals surface area contributed by atoms with Gasteiger partial charge in [0.15, 0.2) is 0 Å². The van der Waals surface area contributed by atoms with Crippen molar-refractivity contribution in [2.75, 3.05) is 11.9 Å². The number of nitrogens with one attached hydrogen (secondary N) is 3. The number of piperidine rings is 1. The summed E-state index contributed by atoms with van der Waals surface area (Å²) in [6, 6.07) is 15.6. The van der Waals surface area contributed by atoms with Crippen LogP contribution in [0, 0.1) is 6.92 Å². The summed E-state index contributed by atoms with van der Waals surface area (Å²) in [4.78, 5) is 27.3. The normalized spacial score (nSPS) is 16.1. The minimum absolute atomic E-state index is 0.0541. The number of benzene rings is 2. The molecule has 2 amide bonds. The summed E-state index contributed by atoms with van der Waals surface area (Å²) in [7, 11) is 1.90. The number of aromatic nitrogens is 2. The number of nitrogens with zero attached hydrogens (tertiary/aromatic N) is 2. The smallest absolute Gasteiger partial charge is 0.252 e. The minimum Gasteiger partial charge on any atom is -0.346 e. The molecule has 5 rings (SSSR count). The molecule has 3 N–H and O–H groups in total. The van der Waals surface area contributed by atoms with Gasteiger partial charge >= 0.3 is 0 Å². The summed E-state index contributed by atoms with van der Waals surface area (Å²) >= 11 is 1.69. The second kappa shape index (κ2) is 11.3. The predicted octanol–water partition coefficient (Wildman–Crippen LogP) is 5.70. The molecule has 2 atom stereocenters. The third-order valence-corrected chi connectivity index (χ3v) is 7.94. The molecule has 0 radical (unpaired) electrons. The number of carbonyl (C=O) groups excluding carboxylic acids is 2. The van der Waals surface area contributed by atoms with E-state index in [2.05, 4.69) is 50.7 Å². The van der Waals surface area contributed by atoms with Crippen molar-refractivity contribution in [3.63, 3.8) is 0 Å². The molecule has 8 heteroatoms. The first-order valence-corrected chi connectivity index (χ1v) is 13.9. The summed E-state index contributed by atoms with van der Waals surface area (Å²) < 4.78 is 1.79. The molecular formula is C30H33N5O2S. The van der Waals surface area contributed by atoms with Crippen molar-refractivity contribution in [1.82, 2.24) is 20.4 Å². The van der Waals surface area contributed by atoms with E-state index >= 15 is 0 Å². The lowest BCUT2D eigenvalue weighted by molar-refractivity contribution is -0.118. The number of hydrogen-bond acceptors (Lipinski definition) is 5. The van der Waals surface area contributed by atoms with E-state index in [4.69, 9.17) is 0 Å². The van der Waals surface area contributed by atoms with Crippen LogP contribution in [0.5, 0.6) is 0 Å². The van der Waals surface area contributed by atoms with Crippen LogP contribution in [0.1, 0.15) is 53.7 Å². The van der Waals surface area contributed by atoms with Gasteiger partial charge in [0, 0.05) is 34.9 Å². The zero-order chi connectivity index (χ0) is 26.6. The van der Waals surface area contributed by atoms with Crippen molar-refractivity contribution in [3.05, 3.63) is 83.0 Å². The lowest BCUT2D eigenvalue weighted by atomic mass is 9.97. The highest BCUT2D eigenvalue weighted by Gasteiger charge is 2.21. The Labute approximate surface area is 227 Å². The van der Waals surface area contributed by atoms with Gasteiger partial charge in [-0.25, -0.2) is 0 Å². The first-order valence-electron chi connectivity index (χ1n) is 13.0. The number of aryl methyl sites for hydroxylation is 2. The molecule has 0 aliphatic carbocycles. The van der Waals surface area contributed by atoms with E-state index in [0.29, 0.717) is 11.3 Å². The predicted molar refractivity (Wildman–Crippen MR) is 153 cm³/mol. The Balaban J connectivity index is 1.37. The van der Waals surface area contributed by atoms with Gasteiger partial charge in [0.25, 0.3) is 5.91 Å². The van der Waals surface area contributed by atoms with E-state index < -0.39 is 0 Å². The molecule has 0 saturated carbocycles. The van der Waals surface area contributed by atoms with E-state index in [0.717, 1.165) is 53.6 Å². The molecule has 1 saturated heterocycles. The number of amides is 2. The van der Waals surface area contributed by atoms with Gasteiger partial charge in [0.1, 0.15) is 0 Å². The topological polar surface area (TPSA) is 88.1 Å². The highest BCUT2D eigenvalue weighted by atomic mass is 32.1. The van der Waals surface area contributed by atoms with Gasteiger partial charge in [-0.2, -0.15) is 5.10 Å². The molecule has 38 heavy (non-hydrogen) atoms. The maximum absolute atomic E-state index is 13.4. The van der Waals surface area contributed by atoms with Gasteiger partial charge in [-0.3, -0.25) is 14.3 Å². The molecule has 0 spiro atoms. The zero-order valence-electron chi connectivity index (χ0n) is 22.0. The van der Waals surface area contributed by atoms with Crippen molar-refractivity contribution in [2.45, 2.75) is 45.2 Å². The lowest BCUT2D eigenvalue weighted by Gasteiger charge is -2.23. The largest absolute Gasteiger partial charge is 0.346 e.